The van der Waals surface area contributed by atoms with Gasteiger partial charge in [0.15, 0.2) is 0 Å². The summed E-state index contributed by atoms with van der Waals surface area (Å²) >= 11 is 0. The van der Waals surface area contributed by atoms with E-state index in [-0.39, 0.29) is 5.69 Å². The van der Waals surface area contributed by atoms with Gasteiger partial charge in [0.1, 0.15) is 5.69 Å². The lowest BCUT2D eigenvalue weighted by Crippen LogP contribution is -2.12. The molecule has 0 unspecified atom stereocenters. The maximum absolute atomic E-state index is 11.0. The van der Waals surface area contributed by atoms with Crippen LogP contribution in [0.15, 0.2) is 0 Å². The molecule has 1 N–H and O–H groups in total. The van der Waals surface area contributed by atoms with E-state index in [1.807, 2.05) is 13.8 Å². The topological polar surface area (TPSA) is 82.2 Å². The summed E-state index contributed by atoms with van der Waals surface area (Å²) in [5.41, 5.74) is 0.558. The van der Waals surface area contributed by atoms with Crippen LogP contribution in [0.25, 0.3) is 0 Å². The van der Waals surface area contributed by atoms with Crippen LogP contribution in [0.5, 0.6) is 0 Å². The molecule has 0 amide bonds. The number of nitro groups is 1. The third-order valence-corrected chi connectivity index (χ3v) is 2.35. The van der Waals surface area contributed by atoms with E-state index in [2.05, 4.69) is 10.4 Å². The lowest BCUT2D eigenvalue weighted by molar-refractivity contribution is -0.384. The van der Waals surface area contributed by atoms with Gasteiger partial charge in [0.05, 0.1) is 11.5 Å². The molecule has 0 saturated heterocycles. The summed E-state index contributed by atoms with van der Waals surface area (Å²) in [5, 5.41) is 18.1. The largest absolute Gasteiger partial charge is 0.380 e. The van der Waals surface area contributed by atoms with Gasteiger partial charge in [-0.15, -0.1) is 0 Å². The lowest BCUT2D eigenvalue weighted by atomic mass is 10.3. The number of anilines is 1. The first kappa shape index (κ1) is 13.4. The first-order valence-electron chi connectivity index (χ1n) is 5.63. The highest BCUT2D eigenvalue weighted by molar-refractivity contribution is 5.59. The summed E-state index contributed by atoms with van der Waals surface area (Å²) in [6.45, 7) is 5.42. The average Bonchev–Trinajstić information content (AvgIpc) is 2.61. The van der Waals surface area contributed by atoms with E-state index >= 15 is 0 Å². The van der Waals surface area contributed by atoms with Gasteiger partial charge in [-0.05, 0) is 13.3 Å². The average molecular weight is 242 g/mol. The van der Waals surface area contributed by atoms with Gasteiger partial charge in [-0.2, -0.15) is 5.10 Å². The van der Waals surface area contributed by atoms with Gasteiger partial charge in [0.25, 0.3) is 0 Å². The van der Waals surface area contributed by atoms with Crippen LogP contribution in [-0.4, -0.2) is 34.5 Å². The van der Waals surface area contributed by atoms with Crippen LogP contribution in [0.3, 0.4) is 0 Å². The van der Waals surface area contributed by atoms with Crippen molar-refractivity contribution >= 4 is 11.5 Å². The molecule has 17 heavy (non-hydrogen) atoms. The second-order valence-electron chi connectivity index (χ2n) is 3.50. The minimum atomic E-state index is -0.394. The van der Waals surface area contributed by atoms with Crippen LogP contribution in [0.2, 0.25) is 0 Å². The molecule has 0 radical (unpaired) electrons. The Bertz CT molecular complexity index is 389. The standard InChI is InChI=1S/C10H18N4O3/c1-4-8-9(14(15)16)10(13(3)12-8)11-6-7-17-5-2/h11H,4-7H2,1-3H3. The number of nitrogens with zero attached hydrogens (tertiary/aromatic N) is 3. The molecule has 7 heteroatoms. The third-order valence-electron chi connectivity index (χ3n) is 2.35. The van der Waals surface area contributed by atoms with Crippen molar-refractivity contribution in [2.24, 2.45) is 7.05 Å². The van der Waals surface area contributed by atoms with Crippen molar-refractivity contribution in [3.05, 3.63) is 15.8 Å². The summed E-state index contributed by atoms with van der Waals surface area (Å²) in [4.78, 5) is 10.6. The fourth-order valence-corrected chi connectivity index (χ4v) is 1.58. The molecule has 0 aliphatic carbocycles. The summed E-state index contributed by atoms with van der Waals surface area (Å²) in [7, 11) is 1.69. The van der Waals surface area contributed by atoms with E-state index in [4.69, 9.17) is 4.74 Å². The van der Waals surface area contributed by atoms with E-state index in [0.717, 1.165) is 0 Å². The molecule has 0 bridgehead atoms. The monoisotopic (exact) mass is 242 g/mol. The number of hydrogen-bond acceptors (Lipinski definition) is 5. The molecule has 1 aromatic rings. The van der Waals surface area contributed by atoms with Gasteiger partial charge in [0.2, 0.25) is 5.82 Å². The Morgan fingerprint density at radius 1 is 1.53 bits per heavy atom. The minimum Gasteiger partial charge on any atom is -0.380 e. The maximum atomic E-state index is 11.0. The Morgan fingerprint density at radius 2 is 2.24 bits per heavy atom. The number of nitrogens with one attached hydrogen (secondary N) is 1. The van der Waals surface area contributed by atoms with Crippen LogP contribution in [-0.2, 0) is 18.2 Å². The SMILES string of the molecule is CCOCCNc1c([N+](=O)[O-])c(CC)nn1C. The maximum Gasteiger partial charge on any atom is 0.333 e. The number of rotatable bonds is 7. The minimum absolute atomic E-state index is 0.0616. The molecule has 0 aromatic carbocycles. The van der Waals surface area contributed by atoms with Crippen molar-refractivity contribution in [2.75, 3.05) is 25.1 Å². The highest BCUT2D eigenvalue weighted by atomic mass is 16.6. The third kappa shape index (κ3) is 3.16. The fraction of sp³-hybridized carbons (Fsp3) is 0.700. The summed E-state index contributed by atoms with van der Waals surface area (Å²) in [5.74, 6) is 0.437. The van der Waals surface area contributed by atoms with Crippen LogP contribution in [0.1, 0.15) is 19.5 Å². The van der Waals surface area contributed by atoms with Gasteiger partial charge in [-0.3, -0.25) is 10.1 Å². The van der Waals surface area contributed by atoms with Crippen molar-refractivity contribution in [3.63, 3.8) is 0 Å². The predicted molar refractivity (Wildman–Crippen MR) is 64.2 cm³/mol. The summed E-state index contributed by atoms with van der Waals surface area (Å²) in [6.07, 6.45) is 0.539. The second-order valence-corrected chi connectivity index (χ2v) is 3.50. The number of aromatic nitrogens is 2. The van der Waals surface area contributed by atoms with Gasteiger partial charge < -0.3 is 10.1 Å². The van der Waals surface area contributed by atoms with E-state index in [1.54, 1.807) is 7.05 Å². The Hall–Kier alpha value is -1.63. The van der Waals surface area contributed by atoms with Crippen molar-refractivity contribution in [2.45, 2.75) is 20.3 Å². The molecule has 96 valence electrons. The van der Waals surface area contributed by atoms with Crippen LogP contribution >= 0.6 is 0 Å². The Labute approximate surface area is 99.9 Å². The predicted octanol–water partition coefficient (Wildman–Crippen LogP) is 1.34. The van der Waals surface area contributed by atoms with Crippen molar-refractivity contribution < 1.29 is 9.66 Å². The molecular formula is C10H18N4O3. The molecule has 0 atom stereocenters. The molecule has 0 fully saturated rings. The fourth-order valence-electron chi connectivity index (χ4n) is 1.58. The van der Waals surface area contributed by atoms with Crippen molar-refractivity contribution in [1.82, 2.24) is 9.78 Å². The first-order valence-corrected chi connectivity index (χ1v) is 5.63. The molecule has 0 aliphatic rings. The van der Waals surface area contributed by atoms with E-state index in [0.29, 0.717) is 37.7 Å². The van der Waals surface area contributed by atoms with Crippen LogP contribution < -0.4 is 5.32 Å². The van der Waals surface area contributed by atoms with Crippen molar-refractivity contribution in [3.8, 4) is 0 Å². The van der Waals surface area contributed by atoms with Crippen LogP contribution in [0.4, 0.5) is 11.5 Å². The van der Waals surface area contributed by atoms with Crippen molar-refractivity contribution in [1.29, 1.82) is 0 Å². The van der Waals surface area contributed by atoms with Gasteiger partial charge >= 0.3 is 5.69 Å². The van der Waals surface area contributed by atoms with Gasteiger partial charge in [-0.25, -0.2) is 4.68 Å². The van der Waals surface area contributed by atoms with Crippen LogP contribution in [0, 0.1) is 10.1 Å². The zero-order chi connectivity index (χ0) is 12.8. The quantitative estimate of drug-likeness (QED) is 0.443. The molecule has 1 rings (SSSR count). The van der Waals surface area contributed by atoms with E-state index in [9.17, 15) is 10.1 Å². The smallest absolute Gasteiger partial charge is 0.333 e. The highest BCUT2D eigenvalue weighted by Gasteiger charge is 2.24. The summed E-state index contributed by atoms with van der Waals surface area (Å²) in [6, 6.07) is 0. The Morgan fingerprint density at radius 3 is 2.76 bits per heavy atom. The number of aryl methyl sites for hydroxylation is 2. The Kier molecular flexibility index (Phi) is 4.89. The molecular weight excluding hydrogens is 224 g/mol. The van der Waals surface area contributed by atoms with Gasteiger partial charge in [0, 0.05) is 20.2 Å². The van der Waals surface area contributed by atoms with E-state index in [1.165, 1.54) is 4.68 Å². The Balaban J connectivity index is 2.82. The molecule has 0 spiro atoms. The zero-order valence-electron chi connectivity index (χ0n) is 10.4. The number of hydrogen-bond donors (Lipinski definition) is 1. The van der Waals surface area contributed by atoms with Gasteiger partial charge in [-0.1, -0.05) is 6.92 Å². The first-order chi connectivity index (χ1) is 8.11. The zero-order valence-corrected chi connectivity index (χ0v) is 10.4. The normalized spacial score (nSPS) is 10.5. The van der Waals surface area contributed by atoms with E-state index < -0.39 is 4.92 Å². The molecule has 0 aliphatic heterocycles. The second kappa shape index (κ2) is 6.19. The summed E-state index contributed by atoms with van der Waals surface area (Å²) < 4.78 is 6.67. The lowest BCUT2D eigenvalue weighted by Gasteiger charge is -2.05. The molecule has 1 heterocycles. The number of ether oxygens (including phenoxy) is 1. The highest BCUT2D eigenvalue weighted by Crippen LogP contribution is 2.27. The molecule has 0 saturated carbocycles. The molecule has 7 nitrogen and oxygen atoms in total. The molecule has 1 aromatic heterocycles.